The lowest BCUT2D eigenvalue weighted by Gasteiger charge is -2.07. The molecule has 0 fully saturated rings. The molecular weight excluding hydrogens is 253 g/mol. The molecule has 19 heavy (non-hydrogen) atoms. The predicted octanol–water partition coefficient (Wildman–Crippen LogP) is 1.48. The van der Waals surface area contributed by atoms with Crippen LogP contribution in [0.25, 0.3) is 0 Å². The van der Waals surface area contributed by atoms with E-state index < -0.39 is 17.7 Å². The van der Waals surface area contributed by atoms with Crippen molar-refractivity contribution >= 4 is 11.9 Å². The number of carbonyl (C=O) groups excluding carboxylic acids is 1. The predicted molar refractivity (Wildman–Crippen MR) is 66.2 cm³/mol. The van der Waals surface area contributed by atoms with E-state index in [1.807, 2.05) is 0 Å². The fourth-order valence-corrected chi connectivity index (χ4v) is 1.32. The number of ether oxygens (including phenoxy) is 1. The van der Waals surface area contributed by atoms with Gasteiger partial charge >= 0.3 is 5.97 Å². The van der Waals surface area contributed by atoms with E-state index in [9.17, 15) is 14.0 Å². The summed E-state index contributed by atoms with van der Waals surface area (Å²) >= 11 is 0. The zero-order valence-corrected chi connectivity index (χ0v) is 10.4. The molecule has 0 atom stereocenters. The van der Waals surface area contributed by atoms with E-state index >= 15 is 0 Å². The van der Waals surface area contributed by atoms with E-state index in [2.05, 4.69) is 5.32 Å². The van der Waals surface area contributed by atoms with Gasteiger partial charge in [0, 0.05) is 18.7 Å². The van der Waals surface area contributed by atoms with Crippen LogP contribution in [-0.2, 0) is 16.1 Å². The summed E-state index contributed by atoms with van der Waals surface area (Å²) in [7, 11) is 0. The van der Waals surface area contributed by atoms with E-state index in [0.717, 1.165) is 12.2 Å². The number of hydrogen-bond donors (Lipinski definition) is 2. The maximum atomic E-state index is 13.5. The van der Waals surface area contributed by atoms with E-state index in [0.29, 0.717) is 12.2 Å². The minimum atomic E-state index is -1.21. The number of hydrogen-bond acceptors (Lipinski definition) is 3. The van der Waals surface area contributed by atoms with Crippen molar-refractivity contribution in [2.45, 2.75) is 13.5 Å². The van der Waals surface area contributed by atoms with Gasteiger partial charge in [-0.15, -0.1) is 0 Å². The number of halogens is 1. The second-order valence-corrected chi connectivity index (χ2v) is 3.59. The van der Waals surface area contributed by atoms with Gasteiger partial charge < -0.3 is 15.2 Å². The van der Waals surface area contributed by atoms with E-state index in [-0.39, 0.29) is 12.3 Å². The van der Waals surface area contributed by atoms with Crippen LogP contribution in [0.4, 0.5) is 4.39 Å². The molecule has 0 saturated heterocycles. The molecule has 1 rings (SSSR count). The number of carboxylic acid groups (broad SMARTS) is 1. The van der Waals surface area contributed by atoms with Crippen molar-refractivity contribution in [1.82, 2.24) is 5.32 Å². The van der Waals surface area contributed by atoms with Crippen molar-refractivity contribution in [2.24, 2.45) is 0 Å². The average Bonchev–Trinajstić information content (AvgIpc) is 2.37. The summed E-state index contributed by atoms with van der Waals surface area (Å²) in [6.45, 7) is 2.22. The zero-order chi connectivity index (χ0) is 14.3. The van der Waals surface area contributed by atoms with Gasteiger partial charge in [0.15, 0.2) is 11.6 Å². The fraction of sp³-hybridized carbons (Fsp3) is 0.231. The molecule has 0 aliphatic carbocycles. The van der Waals surface area contributed by atoms with Crippen LogP contribution in [0.5, 0.6) is 5.75 Å². The number of rotatable bonds is 6. The Balaban J connectivity index is 2.56. The van der Waals surface area contributed by atoms with Crippen LogP contribution in [0.2, 0.25) is 0 Å². The molecule has 0 aliphatic rings. The third kappa shape index (κ3) is 5.20. The van der Waals surface area contributed by atoms with Gasteiger partial charge in [0.2, 0.25) is 5.91 Å². The zero-order valence-electron chi connectivity index (χ0n) is 10.4. The van der Waals surface area contributed by atoms with Crippen molar-refractivity contribution in [3.63, 3.8) is 0 Å². The number of benzene rings is 1. The Morgan fingerprint density at radius 1 is 1.42 bits per heavy atom. The lowest BCUT2D eigenvalue weighted by Crippen LogP contribution is -2.20. The third-order valence-electron chi connectivity index (χ3n) is 2.14. The number of amides is 1. The van der Waals surface area contributed by atoms with Gasteiger partial charge in [-0.3, -0.25) is 4.79 Å². The Kier molecular flexibility index (Phi) is 5.53. The third-order valence-corrected chi connectivity index (χ3v) is 2.14. The summed E-state index contributed by atoms with van der Waals surface area (Å²) in [5, 5.41) is 10.8. The molecule has 0 radical (unpaired) electrons. The summed E-state index contributed by atoms with van der Waals surface area (Å²) in [6, 6.07) is 4.36. The Hall–Kier alpha value is -2.37. The van der Waals surface area contributed by atoms with Gasteiger partial charge in [0.25, 0.3) is 0 Å². The van der Waals surface area contributed by atoms with E-state index in [1.54, 1.807) is 13.0 Å². The van der Waals surface area contributed by atoms with Crippen molar-refractivity contribution in [3.05, 3.63) is 41.7 Å². The Morgan fingerprint density at radius 2 is 2.16 bits per heavy atom. The van der Waals surface area contributed by atoms with Crippen molar-refractivity contribution in [2.75, 3.05) is 6.61 Å². The van der Waals surface area contributed by atoms with Gasteiger partial charge in [-0.25, -0.2) is 9.18 Å². The smallest absolute Gasteiger partial charge is 0.328 e. The first-order chi connectivity index (χ1) is 9.02. The van der Waals surface area contributed by atoms with Crippen LogP contribution in [0.1, 0.15) is 12.5 Å². The highest BCUT2D eigenvalue weighted by Gasteiger charge is 2.05. The second-order valence-electron chi connectivity index (χ2n) is 3.59. The maximum Gasteiger partial charge on any atom is 0.328 e. The molecular formula is C13H14FNO4. The second kappa shape index (κ2) is 7.15. The van der Waals surface area contributed by atoms with Gasteiger partial charge in [-0.2, -0.15) is 0 Å². The highest BCUT2D eigenvalue weighted by Crippen LogP contribution is 2.18. The fourth-order valence-electron chi connectivity index (χ4n) is 1.32. The Morgan fingerprint density at radius 3 is 2.74 bits per heavy atom. The molecule has 1 aromatic carbocycles. The van der Waals surface area contributed by atoms with Gasteiger partial charge in [-0.05, 0) is 24.6 Å². The van der Waals surface area contributed by atoms with Crippen LogP contribution in [0.3, 0.4) is 0 Å². The first-order valence-electron chi connectivity index (χ1n) is 5.63. The monoisotopic (exact) mass is 267 g/mol. The van der Waals surface area contributed by atoms with Gasteiger partial charge in [0.1, 0.15) is 0 Å². The summed E-state index contributed by atoms with van der Waals surface area (Å²) in [4.78, 5) is 21.4. The maximum absolute atomic E-state index is 13.5. The van der Waals surface area contributed by atoms with Crippen LogP contribution in [0, 0.1) is 5.82 Å². The van der Waals surface area contributed by atoms with E-state index in [4.69, 9.17) is 9.84 Å². The number of carbonyl (C=O) groups is 2. The molecule has 0 aromatic heterocycles. The van der Waals surface area contributed by atoms with Crippen molar-refractivity contribution in [3.8, 4) is 5.75 Å². The molecule has 1 aromatic rings. The van der Waals surface area contributed by atoms with Crippen LogP contribution >= 0.6 is 0 Å². The summed E-state index contributed by atoms with van der Waals surface area (Å²) < 4.78 is 18.5. The Bertz CT molecular complexity index is 499. The average molecular weight is 267 g/mol. The first-order valence-corrected chi connectivity index (χ1v) is 5.63. The number of carboxylic acids is 1. The molecule has 0 heterocycles. The quantitative estimate of drug-likeness (QED) is 0.765. The normalized spacial score (nSPS) is 10.4. The summed E-state index contributed by atoms with van der Waals surface area (Å²) in [6.07, 6.45) is 1.63. The number of nitrogens with one attached hydrogen (secondary N) is 1. The molecule has 0 spiro atoms. The lowest BCUT2D eigenvalue weighted by molar-refractivity contribution is -0.131. The highest BCUT2D eigenvalue weighted by atomic mass is 19.1. The molecule has 6 heteroatoms. The molecule has 102 valence electrons. The van der Waals surface area contributed by atoms with Gasteiger partial charge in [0.05, 0.1) is 6.61 Å². The molecule has 0 aliphatic heterocycles. The van der Waals surface area contributed by atoms with Gasteiger partial charge in [-0.1, -0.05) is 6.07 Å². The van der Waals surface area contributed by atoms with Crippen LogP contribution in [-0.4, -0.2) is 23.6 Å². The lowest BCUT2D eigenvalue weighted by atomic mass is 10.2. The number of aliphatic carboxylic acids is 1. The van der Waals surface area contributed by atoms with Crippen LogP contribution in [0.15, 0.2) is 30.4 Å². The van der Waals surface area contributed by atoms with Crippen LogP contribution < -0.4 is 10.1 Å². The largest absolute Gasteiger partial charge is 0.491 e. The van der Waals surface area contributed by atoms with Crippen molar-refractivity contribution < 1.29 is 23.8 Å². The molecule has 0 unspecified atom stereocenters. The SMILES string of the molecule is CCOc1ccc(CNC(=O)/C=C/C(=O)O)cc1F. The Labute approximate surface area is 109 Å². The minimum Gasteiger partial charge on any atom is -0.491 e. The molecule has 0 saturated carbocycles. The minimum absolute atomic E-state index is 0.103. The standard InChI is InChI=1S/C13H14FNO4/c1-2-19-11-4-3-9(7-10(11)14)8-15-12(16)5-6-13(17)18/h3-7H,2,8H2,1H3,(H,15,16)(H,17,18)/b6-5+. The molecule has 0 bridgehead atoms. The van der Waals surface area contributed by atoms with E-state index in [1.165, 1.54) is 12.1 Å². The summed E-state index contributed by atoms with van der Waals surface area (Å²) in [5.41, 5.74) is 0.554. The molecule has 5 nitrogen and oxygen atoms in total. The molecule has 1 amide bonds. The summed E-state index contributed by atoms with van der Waals surface area (Å²) in [5.74, 6) is -2.11. The first kappa shape index (κ1) is 14.7. The molecule has 2 N–H and O–H groups in total. The highest BCUT2D eigenvalue weighted by molar-refractivity contribution is 5.93. The van der Waals surface area contributed by atoms with Crippen molar-refractivity contribution in [1.29, 1.82) is 0 Å². The topological polar surface area (TPSA) is 75.6 Å².